The molecule has 200 valence electrons. The number of phosphoric acid groups is 2. The molecule has 0 bridgehead atoms. The van der Waals surface area contributed by atoms with Gasteiger partial charge in [0.2, 0.25) is 0 Å². The standard InChI is InChI=1S/C29H26O8P2/c30-38(36-27-15-11-25(12-16-27)23-7-3-1-4-8-23)32-19-29(20-33-38)21-34-39(31,35-22-29)37-28-17-13-26(14-18-28)24-9-5-2-6-10-24/h1-18H,19-22H2. The third-order valence-corrected chi connectivity index (χ3v) is 9.12. The van der Waals surface area contributed by atoms with E-state index in [2.05, 4.69) is 0 Å². The van der Waals surface area contributed by atoms with Crippen molar-refractivity contribution in [1.29, 1.82) is 0 Å². The minimum Gasteiger partial charge on any atom is -0.404 e. The average molecular weight is 564 g/mol. The van der Waals surface area contributed by atoms with Gasteiger partial charge in [0.05, 0.1) is 31.8 Å². The Bertz CT molecular complexity index is 1360. The second kappa shape index (κ2) is 10.7. The fourth-order valence-corrected chi connectivity index (χ4v) is 7.08. The zero-order chi connectivity index (χ0) is 26.8. The summed E-state index contributed by atoms with van der Waals surface area (Å²) in [6.45, 7) is -0.0629. The van der Waals surface area contributed by atoms with Gasteiger partial charge in [-0.25, -0.2) is 9.13 Å². The molecular formula is C29H26O8P2. The molecule has 0 radical (unpaired) electrons. The van der Waals surface area contributed by atoms with Crippen molar-refractivity contribution in [2.75, 3.05) is 26.4 Å². The average Bonchev–Trinajstić information content (AvgIpc) is 2.98. The minimum absolute atomic E-state index is 0.0157. The molecule has 10 heteroatoms. The van der Waals surface area contributed by atoms with Gasteiger partial charge in [-0.2, -0.15) is 0 Å². The monoisotopic (exact) mass is 564 g/mol. The lowest BCUT2D eigenvalue weighted by molar-refractivity contribution is -0.0853. The van der Waals surface area contributed by atoms with Gasteiger partial charge in [-0.3, -0.25) is 18.1 Å². The SMILES string of the molecule is O=P1(Oc2ccc(-c3ccccc3)cc2)OCC2(CO1)COP(=O)(Oc1ccc(-c3ccccc3)cc1)OC2. The van der Waals surface area contributed by atoms with Crippen molar-refractivity contribution in [2.24, 2.45) is 5.41 Å². The third kappa shape index (κ3) is 6.02. The second-order valence-corrected chi connectivity index (χ2v) is 12.6. The van der Waals surface area contributed by atoms with Crippen molar-refractivity contribution in [1.82, 2.24) is 0 Å². The first-order valence-corrected chi connectivity index (χ1v) is 15.3. The van der Waals surface area contributed by atoms with Crippen molar-refractivity contribution in [3.05, 3.63) is 109 Å². The maximum Gasteiger partial charge on any atom is 0.530 e. The molecule has 2 fully saturated rings. The van der Waals surface area contributed by atoms with Crippen LogP contribution < -0.4 is 9.05 Å². The molecule has 4 aromatic rings. The summed E-state index contributed by atoms with van der Waals surface area (Å²) in [5.41, 5.74) is 3.33. The van der Waals surface area contributed by atoms with Crippen LogP contribution in [0.25, 0.3) is 22.3 Å². The van der Waals surface area contributed by atoms with E-state index in [0.29, 0.717) is 11.5 Å². The first-order chi connectivity index (χ1) is 18.9. The van der Waals surface area contributed by atoms with Crippen LogP contribution in [0.3, 0.4) is 0 Å². The van der Waals surface area contributed by atoms with Gasteiger partial charge in [0.25, 0.3) is 0 Å². The quantitative estimate of drug-likeness (QED) is 0.220. The molecule has 8 nitrogen and oxygen atoms in total. The lowest BCUT2D eigenvalue weighted by Gasteiger charge is -2.41. The second-order valence-electron chi connectivity index (χ2n) is 9.45. The van der Waals surface area contributed by atoms with Gasteiger partial charge in [0.1, 0.15) is 11.5 Å². The molecule has 0 amide bonds. The molecule has 6 rings (SSSR count). The molecule has 2 heterocycles. The van der Waals surface area contributed by atoms with Gasteiger partial charge < -0.3 is 9.05 Å². The Balaban J connectivity index is 1.02. The minimum atomic E-state index is -3.84. The van der Waals surface area contributed by atoms with Crippen LogP contribution in [0.1, 0.15) is 0 Å². The Kier molecular flexibility index (Phi) is 7.17. The maximum absolute atomic E-state index is 13.1. The van der Waals surface area contributed by atoms with Crippen molar-refractivity contribution >= 4 is 15.6 Å². The lowest BCUT2D eigenvalue weighted by atomic mass is 9.93. The van der Waals surface area contributed by atoms with Crippen molar-refractivity contribution in [2.45, 2.75) is 0 Å². The van der Waals surface area contributed by atoms with E-state index in [9.17, 15) is 9.13 Å². The summed E-state index contributed by atoms with van der Waals surface area (Å²) < 4.78 is 59.4. The van der Waals surface area contributed by atoms with Crippen molar-refractivity contribution in [3.8, 4) is 33.8 Å². The van der Waals surface area contributed by atoms with Crippen molar-refractivity contribution < 1.29 is 36.3 Å². The van der Waals surface area contributed by atoms with E-state index >= 15 is 0 Å². The predicted molar refractivity (Wildman–Crippen MR) is 146 cm³/mol. The van der Waals surface area contributed by atoms with Crippen molar-refractivity contribution in [3.63, 3.8) is 0 Å². The van der Waals surface area contributed by atoms with Crippen LogP contribution in [0.5, 0.6) is 11.5 Å². The molecule has 4 aromatic carbocycles. The van der Waals surface area contributed by atoms with Crippen LogP contribution in [0, 0.1) is 5.41 Å². The highest BCUT2D eigenvalue weighted by Crippen LogP contribution is 2.59. The predicted octanol–water partition coefficient (Wildman–Crippen LogP) is 7.77. The van der Waals surface area contributed by atoms with Gasteiger partial charge in [-0.15, -0.1) is 0 Å². The maximum atomic E-state index is 13.1. The number of hydrogen-bond acceptors (Lipinski definition) is 8. The Hall–Kier alpha value is -3.22. The van der Waals surface area contributed by atoms with E-state index in [-0.39, 0.29) is 26.4 Å². The Labute approximate surface area is 226 Å². The largest absolute Gasteiger partial charge is 0.530 e. The zero-order valence-corrected chi connectivity index (χ0v) is 22.7. The van der Waals surface area contributed by atoms with Gasteiger partial charge in [-0.05, 0) is 46.5 Å². The van der Waals surface area contributed by atoms with Crippen LogP contribution in [0.2, 0.25) is 0 Å². The molecule has 0 unspecified atom stereocenters. The van der Waals surface area contributed by atoms with E-state index in [0.717, 1.165) is 22.3 Å². The number of phosphoric ester groups is 2. The summed E-state index contributed by atoms with van der Waals surface area (Å²) in [5, 5.41) is 0. The molecule has 0 aliphatic carbocycles. The highest BCUT2D eigenvalue weighted by Gasteiger charge is 2.51. The summed E-state index contributed by atoms with van der Waals surface area (Å²) in [5.74, 6) is 0.725. The topological polar surface area (TPSA) is 89.5 Å². The van der Waals surface area contributed by atoms with Crippen LogP contribution in [-0.4, -0.2) is 26.4 Å². The van der Waals surface area contributed by atoms with Gasteiger partial charge in [0, 0.05) is 0 Å². The Morgan fingerprint density at radius 3 is 1.10 bits per heavy atom. The highest BCUT2D eigenvalue weighted by molar-refractivity contribution is 7.49. The molecule has 0 aromatic heterocycles. The number of benzene rings is 4. The van der Waals surface area contributed by atoms with Gasteiger partial charge in [-0.1, -0.05) is 84.9 Å². The van der Waals surface area contributed by atoms with E-state index in [4.69, 9.17) is 27.1 Å². The summed E-state index contributed by atoms with van der Waals surface area (Å²) in [7, 11) is -7.69. The van der Waals surface area contributed by atoms with Crippen LogP contribution >= 0.6 is 15.6 Å². The molecule has 39 heavy (non-hydrogen) atoms. The van der Waals surface area contributed by atoms with Crippen LogP contribution in [0.15, 0.2) is 109 Å². The molecule has 2 aliphatic rings. The van der Waals surface area contributed by atoms with E-state index in [1.807, 2.05) is 84.9 Å². The summed E-state index contributed by atoms with van der Waals surface area (Å²) in [6, 6.07) is 34.1. The molecule has 0 atom stereocenters. The molecule has 0 N–H and O–H groups in total. The number of rotatable bonds is 6. The lowest BCUT2D eigenvalue weighted by Crippen LogP contribution is -2.46. The molecule has 1 spiro atoms. The van der Waals surface area contributed by atoms with Crippen LogP contribution in [0.4, 0.5) is 0 Å². The van der Waals surface area contributed by atoms with E-state index in [1.165, 1.54) is 0 Å². The van der Waals surface area contributed by atoms with Gasteiger partial charge in [0.15, 0.2) is 0 Å². The highest BCUT2D eigenvalue weighted by atomic mass is 31.2. The molecule has 2 saturated heterocycles. The molecule has 2 aliphatic heterocycles. The summed E-state index contributed by atoms with van der Waals surface area (Å²) >= 11 is 0. The first kappa shape index (κ1) is 26.0. The normalized spacial score (nSPS) is 26.7. The third-order valence-electron chi connectivity index (χ3n) is 6.47. The fourth-order valence-electron chi connectivity index (χ4n) is 4.23. The number of hydrogen-bond donors (Lipinski definition) is 0. The van der Waals surface area contributed by atoms with E-state index < -0.39 is 21.1 Å². The fraction of sp³-hybridized carbons (Fsp3) is 0.172. The molecular weight excluding hydrogens is 538 g/mol. The summed E-state index contributed by atoms with van der Waals surface area (Å²) in [6.07, 6.45) is 0. The molecule has 0 saturated carbocycles. The van der Waals surface area contributed by atoms with E-state index in [1.54, 1.807) is 24.3 Å². The smallest absolute Gasteiger partial charge is 0.404 e. The first-order valence-electron chi connectivity index (χ1n) is 12.4. The Morgan fingerprint density at radius 2 is 0.769 bits per heavy atom. The summed E-state index contributed by atoms with van der Waals surface area (Å²) in [4.78, 5) is 0. The van der Waals surface area contributed by atoms with Crippen LogP contribution in [-0.2, 0) is 27.2 Å². The Morgan fingerprint density at radius 1 is 0.462 bits per heavy atom. The van der Waals surface area contributed by atoms with Gasteiger partial charge >= 0.3 is 15.6 Å². The zero-order valence-electron chi connectivity index (χ0n) is 20.9.